The van der Waals surface area contributed by atoms with Crippen molar-refractivity contribution in [3.63, 3.8) is 0 Å². The van der Waals surface area contributed by atoms with Gasteiger partial charge in [-0.2, -0.15) is 0 Å². The normalized spacial score (nSPS) is 16.9. The third-order valence-corrected chi connectivity index (χ3v) is 13.8. The molecule has 31 heteroatoms. The van der Waals surface area contributed by atoms with Gasteiger partial charge in [-0.3, -0.25) is 53.1 Å². The summed E-state index contributed by atoms with van der Waals surface area (Å²) in [5, 5.41) is 53.7. The van der Waals surface area contributed by atoms with E-state index in [2.05, 4.69) is 67.8 Å². The van der Waals surface area contributed by atoms with Crippen molar-refractivity contribution in [2.24, 2.45) is 56.4 Å². The number of aliphatic imine (C=N–C) groups is 2. The molecule has 1 fully saturated rings. The average Bonchev–Trinajstić information content (AvgIpc) is 4.00. The summed E-state index contributed by atoms with van der Waals surface area (Å²) < 4.78 is 0. The van der Waals surface area contributed by atoms with Crippen molar-refractivity contribution in [1.29, 1.82) is 0 Å². The van der Waals surface area contributed by atoms with Gasteiger partial charge in [0.25, 0.3) is 0 Å². The molecule has 31 nitrogen and oxygen atoms in total. The van der Waals surface area contributed by atoms with Crippen LogP contribution in [0, 0.1) is 17.8 Å². The van der Waals surface area contributed by atoms with Gasteiger partial charge in [0, 0.05) is 31.4 Å². The van der Waals surface area contributed by atoms with Crippen molar-refractivity contribution >= 4 is 71.1 Å². The fourth-order valence-electron chi connectivity index (χ4n) is 8.73. The van der Waals surface area contributed by atoms with Gasteiger partial charge in [0.15, 0.2) is 11.9 Å². The Labute approximate surface area is 477 Å². The molecule has 1 aromatic rings. The van der Waals surface area contributed by atoms with E-state index in [-0.39, 0.29) is 63.0 Å². The zero-order valence-electron chi connectivity index (χ0n) is 48.0. The third kappa shape index (κ3) is 25.4. The molecule has 0 bridgehead atoms. The number of carbonyl (C=O) groups is 10. The van der Waals surface area contributed by atoms with Gasteiger partial charge in [0.2, 0.25) is 53.2 Å². The van der Waals surface area contributed by atoms with E-state index < -0.39 is 144 Å². The van der Waals surface area contributed by atoms with E-state index in [9.17, 15) is 63.3 Å². The van der Waals surface area contributed by atoms with Crippen molar-refractivity contribution in [2.75, 3.05) is 19.6 Å². The van der Waals surface area contributed by atoms with Crippen LogP contribution in [0.5, 0.6) is 0 Å². The molecule has 1 heterocycles. The molecule has 0 aliphatic heterocycles. The highest BCUT2D eigenvalue weighted by Gasteiger charge is 2.37. The summed E-state index contributed by atoms with van der Waals surface area (Å²) in [7, 11) is 0. The number of aliphatic carboxylic acids is 1. The lowest BCUT2D eigenvalue weighted by Crippen LogP contribution is -2.63. The van der Waals surface area contributed by atoms with Crippen LogP contribution in [-0.2, 0) is 54.4 Å². The van der Waals surface area contributed by atoms with E-state index in [1.54, 1.807) is 27.7 Å². The number of aliphatic hydroxyl groups excluding tert-OH is 2. The molecule has 0 saturated heterocycles. The molecule has 12 atom stereocenters. The minimum atomic E-state index is -1.83. The number of hydrogen-bond donors (Lipinski definition) is 18. The number of carboxylic acid groups (broad SMARTS) is 1. The molecule has 23 N–H and O–H groups in total. The second kappa shape index (κ2) is 35.9. The minimum Gasteiger partial charge on any atom is -0.480 e. The lowest BCUT2D eigenvalue weighted by molar-refractivity contribution is -0.144. The Balaban J connectivity index is 2.29. The highest BCUT2D eigenvalue weighted by molar-refractivity contribution is 5.98. The minimum absolute atomic E-state index is 0.0158. The summed E-state index contributed by atoms with van der Waals surface area (Å²) in [6, 6.07) is -12.3. The largest absolute Gasteiger partial charge is 0.480 e. The molecule has 0 aromatic carbocycles. The lowest BCUT2D eigenvalue weighted by Gasteiger charge is -2.30. The Kier molecular flexibility index (Phi) is 30.9. The van der Waals surface area contributed by atoms with Crippen LogP contribution in [-0.4, -0.2) is 183 Å². The number of nitrogens with zero attached hydrogens (tertiary/aromatic N) is 3. The molecule has 1 aromatic heterocycles. The summed E-state index contributed by atoms with van der Waals surface area (Å²) in [5.41, 5.74) is 28.0. The maximum Gasteiger partial charge on any atom is 0.326 e. The predicted octanol–water partition coefficient (Wildman–Crippen LogP) is -5.08. The van der Waals surface area contributed by atoms with E-state index in [0.717, 1.165) is 46.0 Å². The SMILES string of the molecule is CCC(C)[C@H](NC(=O)[C@H](CCCN=C(N)N)NC(=O)CNC(=O)[C@@H](NC(=O)[C@@H](NC(=O)[C@H](Cc1cnc[nH]1)NC(=O)[C@H](CC1CCCCC1)NC(=O)[C@H](C)NC(=O)[C@@H](N)CCCN=C(N)N)[C@@H](C)O)[C@@H](C)O)C(=O)N[C@@H](C(=O)O)C(C)C. The highest BCUT2D eigenvalue weighted by Crippen LogP contribution is 2.27. The lowest BCUT2D eigenvalue weighted by atomic mass is 9.84. The highest BCUT2D eigenvalue weighted by atomic mass is 16.4. The quantitative estimate of drug-likeness (QED) is 0.0170. The van der Waals surface area contributed by atoms with Crippen LogP contribution < -0.4 is 76.5 Å². The van der Waals surface area contributed by atoms with E-state index in [0.29, 0.717) is 18.5 Å². The number of H-pyrrole nitrogens is 1. The molecule has 462 valence electrons. The van der Waals surface area contributed by atoms with Gasteiger partial charge in [-0.25, -0.2) is 9.78 Å². The van der Waals surface area contributed by atoms with Crippen molar-refractivity contribution in [2.45, 2.75) is 192 Å². The first-order valence-electron chi connectivity index (χ1n) is 27.7. The molecule has 2 rings (SSSR count). The number of nitrogens with two attached hydrogens (primary N) is 5. The first kappa shape index (κ1) is 70.4. The zero-order valence-corrected chi connectivity index (χ0v) is 48.0. The van der Waals surface area contributed by atoms with Crippen LogP contribution in [0.1, 0.15) is 125 Å². The molecular formula is C51H90N18O13. The number of nitrogens with one attached hydrogen (secondary N) is 10. The number of carboxylic acids is 1. The number of guanidine groups is 2. The van der Waals surface area contributed by atoms with Crippen molar-refractivity contribution in [3.05, 3.63) is 18.2 Å². The van der Waals surface area contributed by atoms with Crippen LogP contribution in [0.2, 0.25) is 0 Å². The van der Waals surface area contributed by atoms with E-state index in [4.69, 9.17) is 28.7 Å². The van der Waals surface area contributed by atoms with Gasteiger partial charge in [-0.15, -0.1) is 0 Å². The average molecular weight is 1160 g/mol. The molecule has 82 heavy (non-hydrogen) atoms. The standard InChI is InChI=1S/C51H90N18O13/c1-8-26(4)38(47(79)66-37(25(2)3)49(81)82)67-43(75)33(17-13-19-59-51(55)56)63-36(72)23-60-46(78)39(28(6)70)69-48(80)40(29(7)71)68-45(77)35(21-31-22-57-24-61-31)65-44(76)34(20-30-14-10-9-11-15-30)64-41(73)27(5)62-42(74)32(52)16-12-18-58-50(53)54/h22,24-30,32-35,37-40,70-71H,8-21,23,52H2,1-7H3,(H,57,61)(H,60,78)(H,62,74)(H,63,72)(H,64,73)(H,65,76)(H,66,79)(H,67,75)(H,68,77)(H,69,80)(H,81,82)(H4,53,54,58)(H4,55,56,59)/t26?,27-,28+,29+,32-,33-,34-,35-,37+,38-,39-,40-/m0/s1. The van der Waals surface area contributed by atoms with Crippen LogP contribution in [0.4, 0.5) is 0 Å². The summed E-state index contributed by atoms with van der Waals surface area (Å²) in [6.45, 7) is 9.79. The van der Waals surface area contributed by atoms with Gasteiger partial charge in [-0.1, -0.05) is 66.2 Å². The number of amides is 9. The van der Waals surface area contributed by atoms with Gasteiger partial charge >= 0.3 is 5.97 Å². The molecule has 0 radical (unpaired) electrons. The fraction of sp³-hybridized carbons (Fsp3) is 0.706. The maximum absolute atomic E-state index is 14.3. The Morgan fingerprint density at radius 1 is 0.622 bits per heavy atom. The Bertz CT molecular complexity index is 2320. The molecule has 0 spiro atoms. The Hall–Kier alpha value is -7.67. The molecule has 1 aliphatic carbocycles. The molecule has 9 amide bonds. The fourth-order valence-corrected chi connectivity index (χ4v) is 8.73. The summed E-state index contributed by atoms with van der Waals surface area (Å²) in [4.78, 5) is 150. The number of aromatic amines is 1. The van der Waals surface area contributed by atoms with E-state index >= 15 is 0 Å². The van der Waals surface area contributed by atoms with Gasteiger partial charge in [0.05, 0.1) is 31.1 Å². The van der Waals surface area contributed by atoms with Gasteiger partial charge in [0.1, 0.15) is 48.3 Å². The smallest absolute Gasteiger partial charge is 0.326 e. The maximum atomic E-state index is 14.3. The van der Waals surface area contributed by atoms with Gasteiger partial charge in [-0.05, 0) is 70.6 Å². The zero-order chi connectivity index (χ0) is 61.8. The van der Waals surface area contributed by atoms with Crippen molar-refractivity contribution in [1.82, 2.24) is 57.8 Å². The first-order valence-corrected chi connectivity index (χ1v) is 27.7. The Morgan fingerprint density at radius 3 is 1.67 bits per heavy atom. The summed E-state index contributed by atoms with van der Waals surface area (Å²) >= 11 is 0. The number of aliphatic hydroxyl groups is 2. The van der Waals surface area contributed by atoms with E-state index in [1.165, 1.54) is 19.4 Å². The monoisotopic (exact) mass is 1160 g/mol. The number of carbonyl (C=O) groups excluding carboxylic acids is 9. The molecular weight excluding hydrogens is 1070 g/mol. The number of imidazole rings is 1. The second-order valence-electron chi connectivity index (χ2n) is 21.1. The number of aromatic nitrogens is 2. The number of hydrogen-bond acceptors (Lipinski definition) is 16. The van der Waals surface area contributed by atoms with Crippen molar-refractivity contribution in [3.8, 4) is 0 Å². The van der Waals surface area contributed by atoms with Crippen LogP contribution in [0.25, 0.3) is 0 Å². The molecule has 1 aliphatic rings. The number of rotatable bonds is 36. The summed E-state index contributed by atoms with van der Waals surface area (Å²) in [6.07, 6.45) is 4.73. The second-order valence-corrected chi connectivity index (χ2v) is 21.1. The van der Waals surface area contributed by atoms with Crippen LogP contribution in [0.15, 0.2) is 22.5 Å². The predicted molar refractivity (Wildman–Crippen MR) is 301 cm³/mol. The van der Waals surface area contributed by atoms with Crippen LogP contribution >= 0.6 is 0 Å². The molecule has 1 saturated carbocycles. The topological polar surface area (TPSA) is 523 Å². The third-order valence-electron chi connectivity index (χ3n) is 13.8. The van der Waals surface area contributed by atoms with E-state index in [1.807, 2.05) is 0 Å². The van der Waals surface area contributed by atoms with Crippen LogP contribution in [0.3, 0.4) is 0 Å². The van der Waals surface area contributed by atoms with Gasteiger partial charge < -0.3 is 96.8 Å². The Morgan fingerprint density at radius 2 is 1.13 bits per heavy atom. The van der Waals surface area contributed by atoms with Crippen molar-refractivity contribution < 1.29 is 63.3 Å². The summed E-state index contributed by atoms with van der Waals surface area (Å²) in [5.74, 6) is -10.5. The first-order chi connectivity index (χ1) is 38.6. The molecule has 1 unspecified atom stereocenters.